The molecule has 0 aromatic heterocycles. The zero-order chi connectivity index (χ0) is 4.00. The fourth-order valence-electron chi connectivity index (χ4n) is 0. The van der Waals surface area contributed by atoms with Crippen molar-refractivity contribution in [2.45, 2.75) is 0 Å². The molecular formula is CH6Cl2Si. The molecule has 4 heavy (non-hydrogen) atoms. The summed E-state index contributed by atoms with van der Waals surface area (Å²) in [5, 5.41) is 0. The first-order valence-electron chi connectivity index (χ1n) is 0.756. The maximum atomic E-state index is 4.78. The lowest BCUT2D eigenvalue weighted by Gasteiger charge is -1.06. The molecule has 0 rings (SSSR count). The number of hydrogen-bond acceptors (Lipinski definition) is 0. The quantitative estimate of drug-likeness (QED) is 0.244. The summed E-state index contributed by atoms with van der Waals surface area (Å²) in [6.45, 7) is 0. The molecule has 0 radical (unpaired) electrons. The Hall–Kier alpha value is 0.797. The Morgan fingerprint density at radius 1 is 1.25 bits per heavy atom. The first kappa shape index (κ1) is 8.84. The lowest BCUT2D eigenvalue weighted by molar-refractivity contribution is 2.46. The summed E-state index contributed by atoms with van der Waals surface area (Å²) in [6, 6.07) is 0. The van der Waals surface area contributed by atoms with E-state index in [0.717, 1.165) is 9.55 Å². The molecule has 0 aliphatic carbocycles. The SMILES string of the molecule is CCl.[SiH3]Cl. The molecule has 0 bridgehead atoms. The molecule has 0 aliphatic heterocycles. The Labute approximate surface area is 39.2 Å². The molecule has 0 atom stereocenters. The summed E-state index contributed by atoms with van der Waals surface area (Å²) >= 11 is 9.42. The number of halogens is 2. The lowest BCUT2D eigenvalue weighted by atomic mass is 12.0. The Balaban J connectivity index is 0. The van der Waals surface area contributed by atoms with Crippen LogP contribution in [0.4, 0.5) is 0 Å². The fourth-order valence-corrected chi connectivity index (χ4v) is 0. The van der Waals surface area contributed by atoms with Crippen LogP contribution in [-0.4, -0.2) is 15.9 Å². The van der Waals surface area contributed by atoms with Crippen LogP contribution in [0, 0.1) is 0 Å². The third kappa shape index (κ3) is 14.2. The van der Waals surface area contributed by atoms with Crippen molar-refractivity contribution in [3.05, 3.63) is 0 Å². The van der Waals surface area contributed by atoms with Crippen molar-refractivity contribution in [2.75, 3.05) is 6.38 Å². The molecule has 0 heterocycles. The van der Waals surface area contributed by atoms with Crippen LogP contribution >= 0.6 is 22.7 Å². The molecule has 0 unspecified atom stereocenters. The third-order valence-corrected chi connectivity index (χ3v) is 0. The van der Waals surface area contributed by atoms with Crippen LogP contribution in [0.25, 0.3) is 0 Å². The first-order valence-corrected chi connectivity index (χ1v) is 4.54. The van der Waals surface area contributed by atoms with Crippen molar-refractivity contribution in [3.63, 3.8) is 0 Å². The van der Waals surface area contributed by atoms with Crippen molar-refractivity contribution in [2.24, 2.45) is 0 Å². The van der Waals surface area contributed by atoms with Gasteiger partial charge in [-0.25, -0.2) is 0 Å². The normalized spacial score (nSPS) is 3.75. The van der Waals surface area contributed by atoms with E-state index in [1.54, 1.807) is 0 Å². The average molecular weight is 117 g/mol. The molecule has 3 heteroatoms. The number of rotatable bonds is 0. The molecule has 0 aromatic rings. The van der Waals surface area contributed by atoms with Crippen molar-refractivity contribution in [3.8, 4) is 0 Å². The minimum Gasteiger partial charge on any atom is -0.181 e. The van der Waals surface area contributed by atoms with Gasteiger partial charge in [-0.05, 0) is 0 Å². The molecule has 0 saturated carbocycles. The average Bonchev–Trinajstić information content (AvgIpc) is 1.50. The standard InChI is InChI=1S/CH3Cl.ClH3Si/c2*1-2/h1H3;2H3. The molecule has 0 nitrogen and oxygen atoms in total. The summed E-state index contributed by atoms with van der Waals surface area (Å²) in [5.41, 5.74) is 0. The van der Waals surface area contributed by atoms with Crippen LogP contribution in [0.15, 0.2) is 0 Å². The summed E-state index contributed by atoms with van der Waals surface area (Å²) in [4.78, 5) is 0. The van der Waals surface area contributed by atoms with Gasteiger partial charge in [0.2, 0.25) is 0 Å². The zero-order valence-corrected chi connectivity index (χ0v) is 6.27. The Morgan fingerprint density at radius 2 is 1.25 bits per heavy atom. The van der Waals surface area contributed by atoms with E-state index in [0.29, 0.717) is 0 Å². The van der Waals surface area contributed by atoms with Gasteiger partial charge in [-0.1, -0.05) is 0 Å². The molecule has 0 N–H and O–H groups in total. The van der Waals surface area contributed by atoms with Gasteiger partial charge < -0.3 is 0 Å². The summed E-state index contributed by atoms with van der Waals surface area (Å²) < 4.78 is 0. The molecule has 0 fully saturated rings. The maximum Gasteiger partial charge on any atom is 0.109 e. The van der Waals surface area contributed by atoms with Crippen LogP contribution in [0.1, 0.15) is 0 Å². The minimum absolute atomic E-state index is 0.778. The fraction of sp³-hybridized carbons (Fsp3) is 1.00. The summed E-state index contributed by atoms with van der Waals surface area (Å²) in [5.74, 6) is 0. The summed E-state index contributed by atoms with van der Waals surface area (Å²) in [7, 11) is 0.778. The molecule has 28 valence electrons. The van der Waals surface area contributed by atoms with Gasteiger partial charge in [-0.2, -0.15) is 11.1 Å². The smallest absolute Gasteiger partial charge is 0.109 e. The van der Waals surface area contributed by atoms with E-state index < -0.39 is 0 Å². The Morgan fingerprint density at radius 3 is 1.25 bits per heavy atom. The highest BCUT2D eigenvalue weighted by molar-refractivity contribution is 6.80. The first-order chi connectivity index (χ1) is 2.00. The Kier molecular flexibility index (Phi) is 103. The molecule has 0 aromatic carbocycles. The second-order valence-corrected chi connectivity index (χ2v) is 0. The molecular weight excluding hydrogens is 111 g/mol. The van der Waals surface area contributed by atoms with Gasteiger partial charge in [0.1, 0.15) is 9.55 Å². The molecule has 0 saturated heterocycles. The van der Waals surface area contributed by atoms with E-state index in [2.05, 4.69) is 11.6 Å². The van der Waals surface area contributed by atoms with Crippen molar-refractivity contribution in [1.29, 1.82) is 0 Å². The van der Waals surface area contributed by atoms with Gasteiger partial charge in [0.05, 0.1) is 0 Å². The van der Waals surface area contributed by atoms with Crippen LogP contribution < -0.4 is 0 Å². The number of hydrogen-bond donors (Lipinski definition) is 0. The van der Waals surface area contributed by atoms with E-state index in [1.165, 1.54) is 6.38 Å². The van der Waals surface area contributed by atoms with Crippen LogP contribution in [0.5, 0.6) is 0 Å². The minimum atomic E-state index is 0.778. The van der Waals surface area contributed by atoms with E-state index >= 15 is 0 Å². The van der Waals surface area contributed by atoms with E-state index in [1.807, 2.05) is 0 Å². The van der Waals surface area contributed by atoms with E-state index in [4.69, 9.17) is 11.1 Å². The van der Waals surface area contributed by atoms with Crippen LogP contribution in [0.3, 0.4) is 0 Å². The van der Waals surface area contributed by atoms with Crippen molar-refractivity contribution >= 4 is 32.2 Å². The number of alkyl halides is 1. The second kappa shape index (κ2) is 46.8. The molecule has 0 amide bonds. The van der Waals surface area contributed by atoms with Gasteiger partial charge >= 0.3 is 0 Å². The van der Waals surface area contributed by atoms with Gasteiger partial charge in [-0.3, -0.25) is 0 Å². The highest BCUT2D eigenvalue weighted by Gasteiger charge is 0.975. The van der Waals surface area contributed by atoms with E-state index in [-0.39, 0.29) is 0 Å². The van der Waals surface area contributed by atoms with Crippen LogP contribution in [0.2, 0.25) is 0 Å². The van der Waals surface area contributed by atoms with Crippen molar-refractivity contribution < 1.29 is 0 Å². The van der Waals surface area contributed by atoms with Gasteiger partial charge in [0, 0.05) is 6.38 Å². The second-order valence-electron chi connectivity index (χ2n) is 0. The highest BCUT2D eigenvalue weighted by Crippen LogP contribution is 1.34. The molecule has 0 aliphatic rings. The monoisotopic (exact) mass is 116 g/mol. The van der Waals surface area contributed by atoms with Crippen LogP contribution in [-0.2, 0) is 0 Å². The third-order valence-electron chi connectivity index (χ3n) is 0. The van der Waals surface area contributed by atoms with Crippen molar-refractivity contribution in [1.82, 2.24) is 0 Å². The van der Waals surface area contributed by atoms with E-state index in [9.17, 15) is 0 Å². The predicted octanol–water partition coefficient (Wildman–Crippen LogP) is 0.361. The zero-order valence-electron chi connectivity index (χ0n) is 2.76. The lowest BCUT2D eigenvalue weighted by Crippen LogP contribution is -0.980. The highest BCUT2D eigenvalue weighted by atomic mass is 35.6. The topological polar surface area (TPSA) is 0 Å². The molecule has 0 spiro atoms. The van der Waals surface area contributed by atoms with Gasteiger partial charge in [-0.15, -0.1) is 11.6 Å². The predicted molar refractivity (Wildman–Crippen MR) is 27.6 cm³/mol. The van der Waals surface area contributed by atoms with Gasteiger partial charge in [0.25, 0.3) is 0 Å². The van der Waals surface area contributed by atoms with Gasteiger partial charge in [0.15, 0.2) is 0 Å². The summed E-state index contributed by atoms with van der Waals surface area (Å²) in [6.07, 6.45) is 1.47. The Bertz CT molecular complexity index is 6.00. The largest absolute Gasteiger partial charge is 0.181 e. The maximum absolute atomic E-state index is 4.78.